The fourth-order valence-electron chi connectivity index (χ4n) is 2.70. The van der Waals surface area contributed by atoms with Gasteiger partial charge in [0, 0.05) is 12.6 Å². The highest BCUT2D eigenvalue weighted by Gasteiger charge is 2.16. The zero-order chi connectivity index (χ0) is 14.4. The summed E-state index contributed by atoms with van der Waals surface area (Å²) in [6.45, 7) is 2.54. The van der Waals surface area contributed by atoms with E-state index in [1.807, 2.05) is 31.2 Å². The molecule has 1 aromatic carbocycles. The Balaban J connectivity index is 1.82. The molecule has 4 N–H and O–H groups in total. The van der Waals surface area contributed by atoms with Gasteiger partial charge in [0.05, 0.1) is 6.04 Å². The van der Waals surface area contributed by atoms with Gasteiger partial charge in [0.25, 0.3) is 0 Å². The topological polar surface area (TPSA) is 67.2 Å². The van der Waals surface area contributed by atoms with Crippen LogP contribution in [0.1, 0.15) is 56.2 Å². The minimum Gasteiger partial charge on any atom is -0.335 e. The summed E-state index contributed by atoms with van der Waals surface area (Å²) < 4.78 is 0. The van der Waals surface area contributed by atoms with Gasteiger partial charge in [0.15, 0.2) is 0 Å². The van der Waals surface area contributed by atoms with Crippen molar-refractivity contribution in [2.24, 2.45) is 5.73 Å². The van der Waals surface area contributed by atoms with Crippen molar-refractivity contribution >= 4 is 6.03 Å². The van der Waals surface area contributed by atoms with Crippen molar-refractivity contribution in [3.63, 3.8) is 0 Å². The lowest BCUT2D eigenvalue weighted by molar-refractivity contribution is 0.229. The molecular formula is C16H25N3O. The van der Waals surface area contributed by atoms with E-state index < -0.39 is 0 Å². The van der Waals surface area contributed by atoms with Crippen LogP contribution >= 0.6 is 0 Å². The van der Waals surface area contributed by atoms with Gasteiger partial charge in [-0.2, -0.15) is 0 Å². The highest BCUT2D eigenvalue weighted by atomic mass is 16.2. The Labute approximate surface area is 121 Å². The monoisotopic (exact) mass is 275 g/mol. The predicted octanol–water partition coefficient (Wildman–Crippen LogP) is 2.84. The minimum absolute atomic E-state index is 0.00501. The molecule has 20 heavy (non-hydrogen) atoms. The average molecular weight is 275 g/mol. The summed E-state index contributed by atoms with van der Waals surface area (Å²) in [6, 6.07) is 8.34. The van der Waals surface area contributed by atoms with E-state index in [1.54, 1.807) is 0 Å². The SMILES string of the molecule is CC(NC(=O)NC1CCCCC1)c1ccc(CN)cc1. The van der Waals surface area contributed by atoms with E-state index in [0.717, 1.165) is 24.0 Å². The standard InChI is InChI=1S/C16H25N3O/c1-12(14-9-7-13(11-17)8-10-14)18-16(20)19-15-5-3-2-4-6-15/h7-10,12,15H,2-6,11,17H2,1H3,(H2,18,19,20). The zero-order valence-electron chi connectivity index (χ0n) is 12.2. The summed E-state index contributed by atoms with van der Waals surface area (Å²) >= 11 is 0. The number of hydrogen-bond acceptors (Lipinski definition) is 2. The van der Waals surface area contributed by atoms with E-state index in [-0.39, 0.29) is 12.1 Å². The van der Waals surface area contributed by atoms with Crippen molar-refractivity contribution in [2.75, 3.05) is 0 Å². The van der Waals surface area contributed by atoms with E-state index >= 15 is 0 Å². The van der Waals surface area contributed by atoms with Crippen molar-refractivity contribution in [3.05, 3.63) is 35.4 Å². The number of hydrogen-bond donors (Lipinski definition) is 3. The maximum atomic E-state index is 12.0. The zero-order valence-corrected chi connectivity index (χ0v) is 12.2. The summed E-state index contributed by atoms with van der Waals surface area (Å²) in [4.78, 5) is 12.0. The first kappa shape index (κ1) is 14.9. The van der Waals surface area contributed by atoms with Crippen LogP contribution in [-0.4, -0.2) is 12.1 Å². The van der Waals surface area contributed by atoms with Crippen LogP contribution in [0.5, 0.6) is 0 Å². The molecule has 0 saturated heterocycles. The highest BCUT2D eigenvalue weighted by Crippen LogP contribution is 2.18. The quantitative estimate of drug-likeness (QED) is 0.791. The lowest BCUT2D eigenvalue weighted by Crippen LogP contribution is -2.43. The molecule has 0 aromatic heterocycles. The van der Waals surface area contributed by atoms with Crippen LogP contribution in [0.15, 0.2) is 24.3 Å². The first-order valence-electron chi connectivity index (χ1n) is 7.55. The predicted molar refractivity (Wildman–Crippen MR) is 81.3 cm³/mol. The molecule has 1 atom stereocenters. The maximum Gasteiger partial charge on any atom is 0.315 e. The van der Waals surface area contributed by atoms with Crippen LogP contribution in [0, 0.1) is 0 Å². The lowest BCUT2D eigenvalue weighted by Gasteiger charge is -2.24. The number of carbonyl (C=O) groups is 1. The van der Waals surface area contributed by atoms with Crippen LogP contribution in [0.2, 0.25) is 0 Å². The van der Waals surface area contributed by atoms with Gasteiger partial charge in [-0.15, -0.1) is 0 Å². The molecular weight excluding hydrogens is 250 g/mol. The fraction of sp³-hybridized carbons (Fsp3) is 0.562. The van der Waals surface area contributed by atoms with E-state index in [2.05, 4.69) is 10.6 Å². The first-order valence-corrected chi connectivity index (χ1v) is 7.55. The second kappa shape index (κ2) is 7.29. The Morgan fingerprint density at radius 3 is 2.50 bits per heavy atom. The molecule has 0 bridgehead atoms. The van der Waals surface area contributed by atoms with Gasteiger partial charge >= 0.3 is 6.03 Å². The Hall–Kier alpha value is -1.55. The van der Waals surface area contributed by atoms with Crippen LogP contribution in [0.4, 0.5) is 4.79 Å². The first-order chi connectivity index (χ1) is 9.69. The van der Waals surface area contributed by atoms with Crippen LogP contribution < -0.4 is 16.4 Å². The van der Waals surface area contributed by atoms with Crippen molar-refractivity contribution < 1.29 is 4.79 Å². The third-order valence-electron chi connectivity index (χ3n) is 4.00. The van der Waals surface area contributed by atoms with Crippen molar-refractivity contribution in [3.8, 4) is 0 Å². The van der Waals surface area contributed by atoms with Gasteiger partial charge in [-0.3, -0.25) is 0 Å². The minimum atomic E-state index is -0.0627. The molecule has 1 unspecified atom stereocenters. The van der Waals surface area contributed by atoms with Crippen molar-refractivity contribution in [2.45, 2.75) is 57.7 Å². The second-order valence-electron chi connectivity index (χ2n) is 5.62. The van der Waals surface area contributed by atoms with E-state index in [4.69, 9.17) is 5.73 Å². The van der Waals surface area contributed by atoms with Gasteiger partial charge < -0.3 is 16.4 Å². The molecule has 4 heteroatoms. The number of nitrogens with one attached hydrogen (secondary N) is 2. The third kappa shape index (κ3) is 4.23. The van der Waals surface area contributed by atoms with Gasteiger partial charge in [-0.25, -0.2) is 4.79 Å². The normalized spacial score (nSPS) is 17.5. The second-order valence-corrected chi connectivity index (χ2v) is 5.62. The molecule has 2 rings (SSSR count). The average Bonchev–Trinajstić information content (AvgIpc) is 2.48. The van der Waals surface area contributed by atoms with Crippen molar-refractivity contribution in [1.82, 2.24) is 10.6 Å². The largest absolute Gasteiger partial charge is 0.335 e. The number of nitrogens with two attached hydrogens (primary N) is 1. The summed E-state index contributed by atoms with van der Waals surface area (Å²) in [5.74, 6) is 0. The van der Waals surface area contributed by atoms with Crippen molar-refractivity contribution in [1.29, 1.82) is 0 Å². The molecule has 2 amide bonds. The Morgan fingerprint density at radius 2 is 1.90 bits per heavy atom. The van der Waals surface area contributed by atoms with Crippen LogP contribution in [-0.2, 0) is 6.54 Å². The van der Waals surface area contributed by atoms with E-state index in [0.29, 0.717) is 12.6 Å². The molecule has 0 radical (unpaired) electrons. The summed E-state index contributed by atoms with van der Waals surface area (Å²) in [5, 5.41) is 6.07. The molecule has 110 valence electrons. The summed E-state index contributed by atoms with van der Waals surface area (Å²) in [7, 11) is 0. The molecule has 1 aliphatic rings. The summed E-state index contributed by atoms with van der Waals surface area (Å²) in [5.41, 5.74) is 7.78. The highest BCUT2D eigenvalue weighted by molar-refractivity contribution is 5.74. The number of benzene rings is 1. The fourth-order valence-corrected chi connectivity index (χ4v) is 2.70. The molecule has 1 aliphatic carbocycles. The van der Waals surface area contributed by atoms with Gasteiger partial charge in [0.1, 0.15) is 0 Å². The molecule has 0 heterocycles. The molecule has 4 nitrogen and oxygen atoms in total. The molecule has 1 aromatic rings. The smallest absolute Gasteiger partial charge is 0.315 e. The van der Waals surface area contributed by atoms with Crippen LogP contribution in [0.3, 0.4) is 0 Å². The summed E-state index contributed by atoms with van der Waals surface area (Å²) in [6.07, 6.45) is 5.95. The number of urea groups is 1. The maximum absolute atomic E-state index is 12.0. The number of carbonyl (C=O) groups excluding carboxylic acids is 1. The van der Waals surface area contributed by atoms with Crippen LogP contribution in [0.25, 0.3) is 0 Å². The van der Waals surface area contributed by atoms with E-state index in [9.17, 15) is 4.79 Å². The molecule has 1 saturated carbocycles. The van der Waals surface area contributed by atoms with Gasteiger partial charge in [-0.1, -0.05) is 43.5 Å². The Morgan fingerprint density at radius 1 is 1.25 bits per heavy atom. The van der Waals surface area contributed by atoms with Gasteiger partial charge in [-0.05, 0) is 30.9 Å². The molecule has 0 aliphatic heterocycles. The third-order valence-corrected chi connectivity index (χ3v) is 4.00. The lowest BCUT2D eigenvalue weighted by atomic mass is 9.96. The Bertz CT molecular complexity index is 424. The number of amides is 2. The number of rotatable bonds is 4. The van der Waals surface area contributed by atoms with Gasteiger partial charge in [0.2, 0.25) is 0 Å². The van der Waals surface area contributed by atoms with E-state index in [1.165, 1.54) is 19.3 Å². The molecule has 0 spiro atoms. The molecule has 1 fully saturated rings. The Kier molecular flexibility index (Phi) is 5.41.